The number of azo groups is 1. The third kappa shape index (κ3) is 3.78. The summed E-state index contributed by atoms with van der Waals surface area (Å²) in [4.78, 5) is 0.682. The van der Waals surface area contributed by atoms with E-state index in [1.54, 1.807) is 19.2 Å². The Kier molecular flexibility index (Phi) is 4.86. The average molecular weight is 339 g/mol. The zero-order chi connectivity index (χ0) is 16.9. The van der Waals surface area contributed by atoms with E-state index in [2.05, 4.69) is 10.2 Å². The fraction of sp³-hybridized carbons (Fsp3) is 0.0556. The van der Waals surface area contributed by atoms with Gasteiger partial charge in [0, 0.05) is 11.0 Å². The number of thioether (sulfide) groups is 1. The number of amidine groups is 1. The zero-order valence-corrected chi connectivity index (χ0v) is 13.7. The van der Waals surface area contributed by atoms with E-state index >= 15 is 0 Å². The minimum Gasteiger partial charge on any atom is -0.497 e. The Balaban J connectivity index is 1.86. The molecule has 1 aliphatic rings. The summed E-state index contributed by atoms with van der Waals surface area (Å²) in [6.07, 6.45) is 1.87. The molecule has 0 saturated heterocycles. The maximum Gasteiger partial charge on any atom is 0.181 e. The first-order valence-electron chi connectivity index (χ1n) is 7.15. The molecular formula is C18H14FN3OS. The largest absolute Gasteiger partial charge is 0.497 e. The Morgan fingerprint density at radius 3 is 2.42 bits per heavy atom. The molecule has 120 valence electrons. The Morgan fingerprint density at radius 2 is 1.75 bits per heavy atom. The lowest BCUT2D eigenvalue weighted by atomic mass is 10.2. The van der Waals surface area contributed by atoms with Crippen molar-refractivity contribution < 1.29 is 9.13 Å². The van der Waals surface area contributed by atoms with Gasteiger partial charge in [0.2, 0.25) is 0 Å². The van der Waals surface area contributed by atoms with E-state index in [0.29, 0.717) is 10.6 Å². The van der Waals surface area contributed by atoms with Crippen LogP contribution < -0.4 is 4.74 Å². The number of rotatable bonds is 3. The van der Waals surface area contributed by atoms with Crippen molar-refractivity contribution >= 4 is 29.4 Å². The van der Waals surface area contributed by atoms with E-state index in [-0.39, 0.29) is 11.7 Å². The molecule has 24 heavy (non-hydrogen) atoms. The Bertz CT molecular complexity index is 840. The highest BCUT2D eigenvalue weighted by Crippen LogP contribution is 2.31. The Hall–Kier alpha value is -2.73. The second-order valence-electron chi connectivity index (χ2n) is 4.96. The zero-order valence-electron chi connectivity index (χ0n) is 12.9. The number of ether oxygens (including phenoxy) is 1. The van der Waals surface area contributed by atoms with Crippen molar-refractivity contribution in [2.24, 2.45) is 10.2 Å². The van der Waals surface area contributed by atoms with Crippen LogP contribution in [0.1, 0.15) is 11.1 Å². The summed E-state index contributed by atoms with van der Waals surface area (Å²) in [5.41, 5.74) is 2.30. The molecular weight excluding hydrogens is 325 g/mol. The van der Waals surface area contributed by atoms with Crippen molar-refractivity contribution in [3.8, 4) is 5.75 Å². The van der Waals surface area contributed by atoms with Gasteiger partial charge in [-0.25, -0.2) is 4.39 Å². The van der Waals surface area contributed by atoms with Gasteiger partial charge in [-0.15, -0.1) is 10.2 Å². The Morgan fingerprint density at radius 1 is 1.04 bits per heavy atom. The monoisotopic (exact) mass is 339 g/mol. The molecule has 0 fully saturated rings. The molecule has 6 heteroatoms. The van der Waals surface area contributed by atoms with Crippen LogP contribution in [0.4, 0.5) is 4.39 Å². The van der Waals surface area contributed by atoms with Crippen LogP contribution in [0.3, 0.4) is 0 Å². The summed E-state index contributed by atoms with van der Waals surface area (Å²) in [7, 11) is 1.62. The summed E-state index contributed by atoms with van der Waals surface area (Å²) < 4.78 is 18.2. The fourth-order valence-electron chi connectivity index (χ4n) is 2.05. The highest BCUT2D eigenvalue weighted by atomic mass is 32.2. The molecule has 0 saturated carbocycles. The van der Waals surface area contributed by atoms with Crippen LogP contribution >= 0.6 is 11.8 Å². The molecule has 4 nitrogen and oxygen atoms in total. The van der Waals surface area contributed by atoms with Gasteiger partial charge in [-0.2, -0.15) is 0 Å². The molecule has 0 radical (unpaired) electrons. The van der Waals surface area contributed by atoms with Crippen LogP contribution in [0.2, 0.25) is 0 Å². The second-order valence-corrected chi connectivity index (χ2v) is 5.87. The second kappa shape index (κ2) is 7.23. The van der Waals surface area contributed by atoms with Crippen molar-refractivity contribution in [2.75, 3.05) is 7.11 Å². The predicted octanol–water partition coefficient (Wildman–Crippen LogP) is 5.35. The van der Waals surface area contributed by atoms with Crippen LogP contribution in [0.5, 0.6) is 5.75 Å². The third-order valence-corrected chi connectivity index (χ3v) is 4.25. The van der Waals surface area contributed by atoms with Gasteiger partial charge >= 0.3 is 0 Å². The van der Waals surface area contributed by atoms with Crippen molar-refractivity contribution in [1.82, 2.24) is 0 Å². The van der Waals surface area contributed by atoms with Crippen molar-refractivity contribution in [3.63, 3.8) is 0 Å². The summed E-state index contributed by atoms with van der Waals surface area (Å²) in [5.74, 6) is 0.563. The fourth-order valence-corrected chi connectivity index (χ4v) is 2.83. The number of nitrogens with zero attached hydrogens (tertiary/aromatic N) is 2. The summed E-state index contributed by atoms with van der Waals surface area (Å²) in [6.45, 7) is 0. The molecule has 0 amide bonds. The third-order valence-electron chi connectivity index (χ3n) is 3.34. The normalized spacial score (nSPS) is 16.0. The minimum absolute atomic E-state index is 0.0872. The summed E-state index contributed by atoms with van der Waals surface area (Å²) in [6, 6.07) is 13.6. The molecule has 0 aliphatic carbocycles. The molecule has 2 aromatic rings. The van der Waals surface area contributed by atoms with Gasteiger partial charge in [-0.3, -0.25) is 5.41 Å². The topological polar surface area (TPSA) is 57.8 Å². The summed E-state index contributed by atoms with van der Waals surface area (Å²) >= 11 is 1.37. The molecule has 1 aliphatic heterocycles. The van der Waals surface area contributed by atoms with E-state index in [1.165, 1.54) is 23.9 Å². The van der Waals surface area contributed by atoms with Gasteiger partial charge in [0.05, 0.1) is 17.7 Å². The quantitative estimate of drug-likeness (QED) is 0.819. The lowest BCUT2D eigenvalue weighted by molar-refractivity contribution is 0.415. The molecule has 1 N–H and O–H groups in total. The van der Waals surface area contributed by atoms with Gasteiger partial charge in [0.25, 0.3) is 0 Å². The minimum atomic E-state index is -0.301. The maximum atomic E-state index is 13.0. The summed E-state index contributed by atoms with van der Waals surface area (Å²) in [5, 5.41) is 17.9. The van der Waals surface area contributed by atoms with Crippen LogP contribution in [-0.4, -0.2) is 12.9 Å². The number of methoxy groups -OCH3 is 1. The van der Waals surface area contributed by atoms with E-state index in [1.807, 2.05) is 35.7 Å². The number of halogens is 1. The number of hydrogen-bond acceptors (Lipinski definition) is 4. The molecule has 2 aromatic carbocycles. The average Bonchev–Trinajstić information content (AvgIpc) is 2.79. The maximum absolute atomic E-state index is 13.0. The SMILES string of the molecule is COc1ccc(C=C2SC=C(c3ccc(F)cc3)N=NC2=N)cc1. The highest BCUT2D eigenvalue weighted by molar-refractivity contribution is 8.07. The lowest BCUT2D eigenvalue weighted by Gasteiger charge is -2.02. The number of benzene rings is 2. The van der Waals surface area contributed by atoms with Crippen molar-refractivity contribution in [2.45, 2.75) is 0 Å². The van der Waals surface area contributed by atoms with E-state index in [4.69, 9.17) is 10.1 Å². The molecule has 0 unspecified atom stereocenters. The first-order valence-corrected chi connectivity index (χ1v) is 8.03. The smallest absolute Gasteiger partial charge is 0.181 e. The number of nitrogens with one attached hydrogen (secondary N) is 1. The molecule has 0 spiro atoms. The van der Waals surface area contributed by atoms with Crippen molar-refractivity contribution in [1.29, 1.82) is 5.41 Å². The first-order chi connectivity index (χ1) is 11.7. The van der Waals surface area contributed by atoms with Crippen LogP contribution in [0.25, 0.3) is 11.8 Å². The van der Waals surface area contributed by atoms with Gasteiger partial charge < -0.3 is 4.74 Å². The standard InChI is InChI=1S/C18H14FN3OS/c1-23-15-8-2-12(3-9-15)10-17-18(20)22-21-16(11-24-17)13-4-6-14(19)7-5-13/h2-11,20H,1H3. The van der Waals surface area contributed by atoms with E-state index < -0.39 is 0 Å². The molecule has 0 aromatic heterocycles. The first kappa shape index (κ1) is 16.1. The van der Waals surface area contributed by atoms with Gasteiger partial charge in [0.1, 0.15) is 11.6 Å². The van der Waals surface area contributed by atoms with E-state index in [9.17, 15) is 4.39 Å². The highest BCUT2D eigenvalue weighted by Gasteiger charge is 2.11. The predicted molar refractivity (Wildman–Crippen MR) is 95.5 cm³/mol. The van der Waals surface area contributed by atoms with Gasteiger partial charge in [-0.1, -0.05) is 23.9 Å². The lowest BCUT2D eigenvalue weighted by Crippen LogP contribution is -1.91. The van der Waals surface area contributed by atoms with E-state index in [0.717, 1.165) is 16.9 Å². The number of hydrogen-bond donors (Lipinski definition) is 1. The van der Waals surface area contributed by atoms with Gasteiger partial charge in [0.15, 0.2) is 5.84 Å². The molecule has 0 atom stereocenters. The molecule has 0 bridgehead atoms. The van der Waals surface area contributed by atoms with Crippen LogP contribution in [-0.2, 0) is 0 Å². The van der Waals surface area contributed by atoms with Crippen LogP contribution in [0, 0.1) is 11.2 Å². The Labute approximate surface area is 143 Å². The van der Waals surface area contributed by atoms with Gasteiger partial charge in [-0.05, 0) is 48.0 Å². The van der Waals surface area contributed by atoms with Crippen LogP contribution in [0.15, 0.2) is 69.1 Å². The molecule has 1 heterocycles. The molecule has 3 rings (SSSR count). The van der Waals surface area contributed by atoms with Crippen molar-refractivity contribution in [3.05, 3.63) is 75.8 Å².